The van der Waals surface area contributed by atoms with Crippen LogP contribution in [0.25, 0.3) is 0 Å². The molecule has 0 saturated carbocycles. The lowest BCUT2D eigenvalue weighted by atomic mass is 10.3. The third-order valence-corrected chi connectivity index (χ3v) is 1.95. The van der Waals surface area contributed by atoms with Crippen LogP contribution in [0.1, 0.15) is 12.8 Å². The average molecular weight is 191 g/mol. The van der Waals surface area contributed by atoms with Crippen molar-refractivity contribution in [2.45, 2.75) is 12.8 Å². The maximum atomic E-state index is 11.2. The molecule has 0 bridgehead atoms. The zero-order valence-electron chi connectivity index (χ0n) is 6.68. The summed E-state index contributed by atoms with van der Waals surface area (Å²) in [5.74, 6) is 0.326. The number of carbonyl (C=O) groups is 2. The number of alkyl halides is 1. The number of imide groups is 1. The number of nitrogens with zero attached hydrogens (tertiary/aromatic N) is 1. The SMILES string of the molecule is O=C(CCCCl)N1CCNC1=O. The van der Waals surface area contributed by atoms with Gasteiger partial charge in [0.25, 0.3) is 0 Å². The summed E-state index contributed by atoms with van der Waals surface area (Å²) in [7, 11) is 0. The van der Waals surface area contributed by atoms with Gasteiger partial charge in [-0.05, 0) is 6.42 Å². The fraction of sp³-hybridized carbons (Fsp3) is 0.714. The van der Waals surface area contributed by atoms with Crippen molar-refractivity contribution in [3.63, 3.8) is 0 Å². The summed E-state index contributed by atoms with van der Waals surface area (Å²) in [6, 6.07) is -0.283. The van der Waals surface area contributed by atoms with Crippen LogP contribution in [0.3, 0.4) is 0 Å². The van der Waals surface area contributed by atoms with Crippen LogP contribution in [0, 0.1) is 0 Å². The summed E-state index contributed by atoms with van der Waals surface area (Å²) >= 11 is 5.42. The number of carbonyl (C=O) groups excluding carboxylic acids is 2. The van der Waals surface area contributed by atoms with Gasteiger partial charge >= 0.3 is 6.03 Å². The molecule has 1 N–H and O–H groups in total. The highest BCUT2D eigenvalue weighted by Gasteiger charge is 2.24. The van der Waals surface area contributed by atoms with Crippen molar-refractivity contribution in [3.05, 3.63) is 0 Å². The van der Waals surface area contributed by atoms with Crippen LogP contribution in [0.2, 0.25) is 0 Å². The van der Waals surface area contributed by atoms with Crippen molar-refractivity contribution in [1.82, 2.24) is 10.2 Å². The van der Waals surface area contributed by atoms with Gasteiger partial charge in [0, 0.05) is 25.4 Å². The Morgan fingerprint density at radius 1 is 1.67 bits per heavy atom. The average Bonchev–Trinajstić information content (AvgIpc) is 2.47. The van der Waals surface area contributed by atoms with E-state index in [1.165, 1.54) is 4.90 Å². The first-order valence-electron chi connectivity index (χ1n) is 3.90. The third-order valence-electron chi connectivity index (χ3n) is 1.68. The van der Waals surface area contributed by atoms with Gasteiger partial charge in [0.05, 0.1) is 0 Å². The highest BCUT2D eigenvalue weighted by Crippen LogP contribution is 2.02. The van der Waals surface area contributed by atoms with Gasteiger partial charge in [0.2, 0.25) is 5.91 Å². The van der Waals surface area contributed by atoms with Gasteiger partial charge in [-0.1, -0.05) is 0 Å². The number of halogens is 1. The molecule has 1 fully saturated rings. The van der Waals surface area contributed by atoms with Crippen molar-refractivity contribution in [2.75, 3.05) is 19.0 Å². The molecule has 1 aliphatic rings. The summed E-state index contributed by atoms with van der Waals surface area (Å²) in [6.07, 6.45) is 0.987. The summed E-state index contributed by atoms with van der Waals surface area (Å²) in [5.41, 5.74) is 0. The monoisotopic (exact) mass is 190 g/mol. The molecule has 5 heteroatoms. The predicted octanol–water partition coefficient (Wildman–Crippen LogP) is 0.557. The molecule has 3 amide bonds. The first kappa shape index (κ1) is 9.32. The van der Waals surface area contributed by atoms with Gasteiger partial charge in [0.15, 0.2) is 0 Å². The number of rotatable bonds is 3. The molecular weight excluding hydrogens is 180 g/mol. The lowest BCUT2D eigenvalue weighted by molar-refractivity contribution is -0.127. The second kappa shape index (κ2) is 4.30. The van der Waals surface area contributed by atoms with E-state index in [1.807, 2.05) is 0 Å². The highest BCUT2D eigenvalue weighted by molar-refractivity contribution is 6.18. The third kappa shape index (κ3) is 2.11. The van der Waals surface area contributed by atoms with Crippen molar-refractivity contribution < 1.29 is 9.59 Å². The van der Waals surface area contributed by atoms with Crippen LogP contribution >= 0.6 is 11.6 Å². The second-order valence-corrected chi connectivity index (χ2v) is 2.95. The summed E-state index contributed by atoms with van der Waals surface area (Å²) in [4.78, 5) is 23.4. The van der Waals surface area contributed by atoms with Gasteiger partial charge in [-0.15, -0.1) is 11.6 Å². The van der Waals surface area contributed by atoms with E-state index in [2.05, 4.69) is 5.32 Å². The Hall–Kier alpha value is -0.770. The van der Waals surface area contributed by atoms with Gasteiger partial charge in [-0.2, -0.15) is 0 Å². The molecule has 1 heterocycles. The Morgan fingerprint density at radius 2 is 2.42 bits per heavy atom. The fourth-order valence-corrected chi connectivity index (χ4v) is 1.20. The number of nitrogens with one attached hydrogen (secondary N) is 1. The normalized spacial score (nSPS) is 16.4. The van der Waals surface area contributed by atoms with Crippen molar-refractivity contribution in [1.29, 1.82) is 0 Å². The zero-order chi connectivity index (χ0) is 8.97. The van der Waals surface area contributed by atoms with E-state index in [0.29, 0.717) is 31.8 Å². The number of urea groups is 1. The molecule has 0 radical (unpaired) electrons. The summed E-state index contributed by atoms with van der Waals surface area (Å²) in [5, 5.41) is 2.56. The molecule has 4 nitrogen and oxygen atoms in total. The second-order valence-electron chi connectivity index (χ2n) is 2.57. The van der Waals surface area contributed by atoms with Crippen molar-refractivity contribution in [3.8, 4) is 0 Å². The first-order valence-corrected chi connectivity index (χ1v) is 4.43. The molecule has 0 aliphatic carbocycles. The molecule has 0 atom stereocenters. The highest BCUT2D eigenvalue weighted by atomic mass is 35.5. The lowest BCUT2D eigenvalue weighted by Gasteiger charge is -2.10. The molecule has 12 heavy (non-hydrogen) atoms. The van der Waals surface area contributed by atoms with Gasteiger partial charge < -0.3 is 5.32 Å². The maximum Gasteiger partial charge on any atom is 0.324 e. The largest absolute Gasteiger partial charge is 0.336 e. The fourth-order valence-electron chi connectivity index (χ4n) is 1.06. The van der Waals surface area contributed by atoms with Crippen LogP contribution in [0.5, 0.6) is 0 Å². The quantitative estimate of drug-likeness (QED) is 0.661. The topological polar surface area (TPSA) is 49.4 Å². The molecule has 0 unspecified atom stereocenters. The summed E-state index contributed by atoms with van der Waals surface area (Å²) in [6.45, 7) is 1.05. The predicted molar refractivity (Wildman–Crippen MR) is 45.1 cm³/mol. The van der Waals surface area contributed by atoms with E-state index >= 15 is 0 Å². The standard InChI is InChI=1S/C7H11ClN2O2/c8-3-1-2-6(11)10-5-4-9-7(10)12/h1-5H2,(H,9,12). The molecule has 0 spiro atoms. The Morgan fingerprint density at radius 3 is 2.92 bits per heavy atom. The van der Waals surface area contributed by atoms with Crippen LogP contribution in [0.15, 0.2) is 0 Å². The van der Waals surface area contributed by atoms with Gasteiger partial charge in [-0.3, -0.25) is 9.69 Å². The Balaban J connectivity index is 2.36. The van der Waals surface area contributed by atoms with Crippen LogP contribution in [-0.4, -0.2) is 35.8 Å². The Bertz CT molecular complexity index is 196. The molecular formula is C7H11ClN2O2. The van der Waals surface area contributed by atoms with E-state index in [1.54, 1.807) is 0 Å². The molecule has 0 aromatic heterocycles. The van der Waals surface area contributed by atoms with Crippen LogP contribution in [-0.2, 0) is 4.79 Å². The van der Waals surface area contributed by atoms with E-state index in [0.717, 1.165) is 0 Å². The molecule has 68 valence electrons. The molecule has 1 aliphatic heterocycles. The minimum atomic E-state index is -0.283. The van der Waals surface area contributed by atoms with E-state index in [4.69, 9.17) is 11.6 Å². The van der Waals surface area contributed by atoms with Gasteiger partial charge in [0.1, 0.15) is 0 Å². The molecule has 1 saturated heterocycles. The number of amides is 3. The van der Waals surface area contributed by atoms with E-state index < -0.39 is 0 Å². The van der Waals surface area contributed by atoms with E-state index in [9.17, 15) is 9.59 Å². The van der Waals surface area contributed by atoms with Gasteiger partial charge in [-0.25, -0.2) is 4.79 Å². The summed E-state index contributed by atoms with van der Waals surface area (Å²) < 4.78 is 0. The smallest absolute Gasteiger partial charge is 0.324 e. The zero-order valence-corrected chi connectivity index (χ0v) is 7.43. The van der Waals surface area contributed by atoms with Crippen LogP contribution in [0.4, 0.5) is 4.79 Å². The number of hydrogen-bond acceptors (Lipinski definition) is 2. The van der Waals surface area contributed by atoms with E-state index in [-0.39, 0.29) is 11.9 Å². The Labute approximate surface area is 75.9 Å². The maximum absolute atomic E-state index is 11.2. The molecule has 0 aromatic rings. The van der Waals surface area contributed by atoms with Crippen molar-refractivity contribution >= 4 is 23.5 Å². The molecule has 0 aromatic carbocycles. The van der Waals surface area contributed by atoms with Crippen molar-refractivity contribution in [2.24, 2.45) is 0 Å². The number of hydrogen-bond donors (Lipinski definition) is 1. The first-order chi connectivity index (χ1) is 5.75. The lowest BCUT2D eigenvalue weighted by Crippen LogP contribution is -2.34. The minimum Gasteiger partial charge on any atom is -0.336 e. The van der Waals surface area contributed by atoms with Crippen LogP contribution < -0.4 is 5.32 Å². The minimum absolute atomic E-state index is 0.134. The molecule has 1 rings (SSSR count). The Kier molecular flexibility index (Phi) is 3.34.